The minimum Gasteiger partial charge on any atom is -0.315 e. The van der Waals surface area contributed by atoms with Gasteiger partial charge >= 0.3 is 0 Å². The molecular weight excluding hydrogens is 180 g/mol. The average Bonchev–Trinajstić information content (AvgIpc) is 2.95. The van der Waals surface area contributed by atoms with E-state index in [1.807, 2.05) is 11.8 Å². The highest BCUT2D eigenvalue weighted by Crippen LogP contribution is 2.25. The molecule has 1 rings (SSSR count). The first kappa shape index (κ1) is 11.3. The van der Waals surface area contributed by atoms with Gasteiger partial charge in [0.2, 0.25) is 0 Å². The number of nitrogens with zero attached hydrogens (tertiary/aromatic N) is 1. The molecule has 0 aromatic heterocycles. The molecular formula is C10H22N2S. The molecule has 1 saturated carbocycles. The Morgan fingerprint density at radius 1 is 1.38 bits per heavy atom. The van der Waals surface area contributed by atoms with E-state index in [1.165, 1.54) is 31.7 Å². The Kier molecular flexibility index (Phi) is 5.83. The summed E-state index contributed by atoms with van der Waals surface area (Å²) in [6.45, 7) is 7.03. The predicted molar refractivity (Wildman–Crippen MR) is 61.5 cm³/mol. The maximum Gasteiger partial charge on any atom is 0.0110 e. The molecule has 0 amide bonds. The van der Waals surface area contributed by atoms with Crippen molar-refractivity contribution in [2.75, 3.05) is 38.2 Å². The molecule has 0 aromatic rings. The molecule has 0 bridgehead atoms. The van der Waals surface area contributed by atoms with Crippen LogP contribution in [0.25, 0.3) is 0 Å². The van der Waals surface area contributed by atoms with E-state index in [0.29, 0.717) is 0 Å². The Labute approximate surface area is 86.5 Å². The van der Waals surface area contributed by atoms with E-state index in [1.54, 1.807) is 0 Å². The fraction of sp³-hybridized carbons (Fsp3) is 1.00. The van der Waals surface area contributed by atoms with Crippen LogP contribution < -0.4 is 5.32 Å². The van der Waals surface area contributed by atoms with Gasteiger partial charge in [0, 0.05) is 31.4 Å². The van der Waals surface area contributed by atoms with Crippen LogP contribution in [0.2, 0.25) is 0 Å². The van der Waals surface area contributed by atoms with E-state index in [9.17, 15) is 0 Å². The number of thioether (sulfide) groups is 1. The summed E-state index contributed by atoms with van der Waals surface area (Å²) in [5, 5.41) is 3.47. The largest absolute Gasteiger partial charge is 0.315 e. The van der Waals surface area contributed by atoms with E-state index in [4.69, 9.17) is 0 Å². The Balaban J connectivity index is 1.90. The molecule has 0 heterocycles. The van der Waals surface area contributed by atoms with Gasteiger partial charge in [0.15, 0.2) is 0 Å². The van der Waals surface area contributed by atoms with Crippen LogP contribution in [0.3, 0.4) is 0 Å². The predicted octanol–water partition coefficient (Wildman–Crippen LogP) is 1.42. The Morgan fingerprint density at radius 2 is 2.15 bits per heavy atom. The van der Waals surface area contributed by atoms with Crippen LogP contribution in [-0.4, -0.2) is 49.1 Å². The molecule has 1 aliphatic carbocycles. The van der Waals surface area contributed by atoms with Gasteiger partial charge in [-0.1, -0.05) is 6.92 Å². The SMILES string of the molecule is CCN(CCNCCSC)C1CC1. The third-order valence-electron chi connectivity index (χ3n) is 2.53. The van der Waals surface area contributed by atoms with Gasteiger partial charge in [0.1, 0.15) is 0 Å². The molecule has 0 aliphatic heterocycles. The summed E-state index contributed by atoms with van der Waals surface area (Å²) in [6, 6.07) is 0.923. The Bertz CT molecular complexity index is 126. The fourth-order valence-corrected chi connectivity index (χ4v) is 1.91. The lowest BCUT2D eigenvalue weighted by atomic mass is 10.4. The van der Waals surface area contributed by atoms with Crippen molar-refractivity contribution in [3.63, 3.8) is 0 Å². The Hall–Kier alpha value is 0.270. The summed E-state index contributed by atoms with van der Waals surface area (Å²) in [5.74, 6) is 1.23. The van der Waals surface area contributed by atoms with Crippen LogP contribution in [0.4, 0.5) is 0 Å². The molecule has 0 aromatic carbocycles. The second-order valence-corrected chi connectivity index (χ2v) is 4.59. The second kappa shape index (κ2) is 6.68. The molecule has 13 heavy (non-hydrogen) atoms. The molecule has 1 fully saturated rings. The first-order valence-electron chi connectivity index (χ1n) is 5.32. The van der Waals surface area contributed by atoms with Crippen LogP contribution in [0.5, 0.6) is 0 Å². The zero-order valence-electron chi connectivity index (χ0n) is 8.88. The summed E-state index contributed by atoms with van der Waals surface area (Å²) in [7, 11) is 0. The number of hydrogen-bond donors (Lipinski definition) is 1. The minimum absolute atomic E-state index is 0.923. The van der Waals surface area contributed by atoms with Gasteiger partial charge < -0.3 is 5.32 Å². The van der Waals surface area contributed by atoms with Crippen LogP contribution >= 0.6 is 11.8 Å². The molecule has 2 nitrogen and oxygen atoms in total. The van der Waals surface area contributed by atoms with Gasteiger partial charge in [-0.25, -0.2) is 0 Å². The van der Waals surface area contributed by atoms with Crippen molar-refractivity contribution in [1.82, 2.24) is 10.2 Å². The van der Waals surface area contributed by atoms with Crippen molar-refractivity contribution in [1.29, 1.82) is 0 Å². The van der Waals surface area contributed by atoms with Crippen LogP contribution in [0, 0.1) is 0 Å². The molecule has 0 atom stereocenters. The molecule has 3 heteroatoms. The summed E-state index contributed by atoms with van der Waals surface area (Å²) >= 11 is 1.91. The third kappa shape index (κ3) is 4.89. The first-order valence-corrected chi connectivity index (χ1v) is 6.71. The lowest BCUT2D eigenvalue weighted by Crippen LogP contribution is -2.34. The summed E-state index contributed by atoms with van der Waals surface area (Å²) in [6.07, 6.45) is 5.02. The number of hydrogen-bond acceptors (Lipinski definition) is 3. The highest BCUT2D eigenvalue weighted by molar-refractivity contribution is 7.98. The maximum atomic E-state index is 3.47. The van der Waals surface area contributed by atoms with Gasteiger partial charge in [0.05, 0.1) is 0 Å². The summed E-state index contributed by atoms with van der Waals surface area (Å²) in [5.41, 5.74) is 0. The standard InChI is InChI=1S/C10H22N2S/c1-3-12(10-4-5-10)8-6-11-7-9-13-2/h10-11H,3-9H2,1-2H3. The zero-order valence-corrected chi connectivity index (χ0v) is 9.70. The normalized spacial score (nSPS) is 16.8. The van der Waals surface area contributed by atoms with Gasteiger partial charge in [-0.2, -0.15) is 11.8 Å². The molecule has 78 valence electrons. The smallest absolute Gasteiger partial charge is 0.0110 e. The fourth-order valence-electron chi connectivity index (χ4n) is 1.56. The number of nitrogens with one attached hydrogen (secondary N) is 1. The number of rotatable bonds is 8. The van der Waals surface area contributed by atoms with E-state index in [2.05, 4.69) is 23.4 Å². The van der Waals surface area contributed by atoms with Crippen molar-refractivity contribution in [3.8, 4) is 0 Å². The van der Waals surface area contributed by atoms with Gasteiger partial charge in [-0.05, 0) is 25.6 Å². The van der Waals surface area contributed by atoms with Gasteiger partial charge in [0.25, 0.3) is 0 Å². The third-order valence-corrected chi connectivity index (χ3v) is 3.14. The lowest BCUT2D eigenvalue weighted by Gasteiger charge is -2.19. The van der Waals surface area contributed by atoms with Crippen LogP contribution in [-0.2, 0) is 0 Å². The number of likely N-dealkylation sites (N-methyl/N-ethyl adjacent to an activating group) is 1. The van der Waals surface area contributed by atoms with Crippen LogP contribution in [0.1, 0.15) is 19.8 Å². The maximum absolute atomic E-state index is 3.47. The second-order valence-electron chi connectivity index (χ2n) is 3.60. The average molecular weight is 202 g/mol. The zero-order chi connectivity index (χ0) is 9.52. The quantitative estimate of drug-likeness (QED) is 0.599. The highest BCUT2D eigenvalue weighted by atomic mass is 32.2. The molecule has 0 radical (unpaired) electrons. The van der Waals surface area contributed by atoms with E-state index >= 15 is 0 Å². The molecule has 1 aliphatic rings. The summed E-state index contributed by atoms with van der Waals surface area (Å²) < 4.78 is 0. The van der Waals surface area contributed by atoms with Crippen molar-refractivity contribution in [3.05, 3.63) is 0 Å². The minimum atomic E-state index is 0.923. The van der Waals surface area contributed by atoms with E-state index < -0.39 is 0 Å². The van der Waals surface area contributed by atoms with Gasteiger partial charge in [-0.15, -0.1) is 0 Å². The van der Waals surface area contributed by atoms with Crippen molar-refractivity contribution in [2.24, 2.45) is 0 Å². The molecule has 0 saturated heterocycles. The van der Waals surface area contributed by atoms with E-state index in [0.717, 1.165) is 19.1 Å². The molecule has 0 unspecified atom stereocenters. The van der Waals surface area contributed by atoms with Gasteiger partial charge in [-0.3, -0.25) is 4.90 Å². The molecule has 0 spiro atoms. The van der Waals surface area contributed by atoms with Crippen molar-refractivity contribution in [2.45, 2.75) is 25.8 Å². The Morgan fingerprint density at radius 3 is 2.69 bits per heavy atom. The topological polar surface area (TPSA) is 15.3 Å². The van der Waals surface area contributed by atoms with Crippen molar-refractivity contribution < 1.29 is 0 Å². The first-order chi connectivity index (χ1) is 6.38. The van der Waals surface area contributed by atoms with Crippen molar-refractivity contribution >= 4 is 11.8 Å². The molecule has 1 N–H and O–H groups in total. The highest BCUT2D eigenvalue weighted by Gasteiger charge is 2.26. The monoisotopic (exact) mass is 202 g/mol. The van der Waals surface area contributed by atoms with E-state index in [-0.39, 0.29) is 0 Å². The lowest BCUT2D eigenvalue weighted by molar-refractivity contribution is 0.278. The van der Waals surface area contributed by atoms with Crippen LogP contribution in [0.15, 0.2) is 0 Å². The summed E-state index contributed by atoms with van der Waals surface area (Å²) in [4.78, 5) is 2.59.